The highest BCUT2D eigenvalue weighted by Gasteiger charge is 2.16. The first-order valence-corrected chi connectivity index (χ1v) is 7.12. The van der Waals surface area contributed by atoms with Gasteiger partial charge < -0.3 is 16.4 Å². The van der Waals surface area contributed by atoms with Gasteiger partial charge in [-0.2, -0.15) is 0 Å². The molecule has 0 bridgehead atoms. The summed E-state index contributed by atoms with van der Waals surface area (Å²) < 4.78 is 0.852. The number of carbonyl (C=O) groups excluding carboxylic acids is 2. The second kappa shape index (κ2) is 6.33. The molecule has 4 N–H and O–H groups in total. The third kappa shape index (κ3) is 3.05. The second-order valence-electron chi connectivity index (χ2n) is 4.25. The van der Waals surface area contributed by atoms with Crippen molar-refractivity contribution in [3.63, 3.8) is 0 Å². The van der Waals surface area contributed by atoms with Gasteiger partial charge in [-0.1, -0.05) is 6.92 Å². The molecule has 20 heavy (non-hydrogen) atoms. The molecule has 2 heterocycles. The maximum absolute atomic E-state index is 12.0. The summed E-state index contributed by atoms with van der Waals surface area (Å²) >= 11 is 1.27. The fourth-order valence-corrected chi connectivity index (χ4v) is 2.71. The van der Waals surface area contributed by atoms with E-state index in [0.29, 0.717) is 17.1 Å². The van der Waals surface area contributed by atoms with Crippen molar-refractivity contribution in [3.8, 4) is 0 Å². The van der Waals surface area contributed by atoms with Gasteiger partial charge in [-0.3, -0.25) is 14.6 Å². The fourth-order valence-electron chi connectivity index (χ4n) is 1.71. The van der Waals surface area contributed by atoms with Crippen LogP contribution in [0.5, 0.6) is 0 Å². The Balaban J connectivity index is 2.04. The number of carbonyl (C=O) groups is 2. The summed E-state index contributed by atoms with van der Waals surface area (Å²) in [5.74, 6) is -0.545. The Bertz CT molecular complexity index is 638. The molecule has 0 saturated carbocycles. The van der Waals surface area contributed by atoms with E-state index < -0.39 is 0 Å². The molecule has 0 aliphatic heterocycles. The second-order valence-corrected chi connectivity index (χ2v) is 5.30. The predicted molar refractivity (Wildman–Crippen MR) is 79.7 cm³/mol. The Kier molecular flexibility index (Phi) is 4.52. The molecule has 0 fully saturated rings. The Morgan fingerprint density at radius 2 is 2.20 bits per heavy atom. The summed E-state index contributed by atoms with van der Waals surface area (Å²) in [6, 6.07) is 1.77. The van der Waals surface area contributed by atoms with Crippen molar-refractivity contribution >= 4 is 38.9 Å². The van der Waals surface area contributed by atoms with Gasteiger partial charge in [0, 0.05) is 24.3 Å². The van der Waals surface area contributed by atoms with Gasteiger partial charge in [0.1, 0.15) is 4.88 Å². The molecule has 0 aliphatic rings. The number of nitrogens with one attached hydrogen (secondary N) is 2. The van der Waals surface area contributed by atoms with Gasteiger partial charge in [-0.15, -0.1) is 11.3 Å². The number of nitrogens with zero attached hydrogens (tertiary/aromatic N) is 1. The van der Waals surface area contributed by atoms with Gasteiger partial charge >= 0.3 is 0 Å². The van der Waals surface area contributed by atoms with Gasteiger partial charge in [-0.25, -0.2) is 0 Å². The molecule has 0 aliphatic carbocycles. The van der Waals surface area contributed by atoms with E-state index in [2.05, 4.69) is 15.6 Å². The topological polar surface area (TPSA) is 97.1 Å². The lowest BCUT2D eigenvalue weighted by Gasteiger charge is -2.05. The maximum atomic E-state index is 12.0. The van der Waals surface area contributed by atoms with E-state index in [1.165, 1.54) is 11.3 Å². The summed E-state index contributed by atoms with van der Waals surface area (Å²) in [5, 5.41) is 6.07. The number of pyridine rings is 1. The van der Waals surface area contributed by atoms with Gasteiger partial charge in [0.25, 0.3) is 5.91 Å². The first-order chi connectivity index (χ1) is 9.63. The molecule has 2 rings (SSSR count). The number of amides is 2. The molecule has 106 valence electrons. The summed E-state index contributed by atoms with van der Waals surface area (Å²) in [6.45, 7) is 2.51. The van der Waals surface area contributed by atoms with Crippen LogP contribution in [0.4, 0.5) is 5.69 Å². The number of anilines is 1. The lowest BCUT2D eigenvalue weighted by molar-refractivity contribution is -0.120. The van der Waals surface area contributed by atoms with Crippen LogP contribution in [0.3, 0.4) is 0 Å². The number of hydrogen-bond donors (Lipinski definition) is 3. The van der Waals surface area contributed by atoms with Crippen LogP contribution in [0.2, 0.25) is 0 Å². The SMILES string of the molecule is CCCNC(=O)CNC(=O)c1sc2cnccc2c1N. The number of nitrogen functional groups attached to an aromatic ring is 1. The van der Waals surface area contributed by atoms with E-state index in [1.807, 2.05) is 6.92 Å². The van der Waals surface area contributed by atoms with Gasteiger partial charge in [0.2, 0.25) is 5.91 Å². The molecule has 0 spiro atoms. The molecular formula is C13H16N4O2S. The van der Waals surface area contributed by atoms with E-state index in [0.717, 1.165) is 16.5 Å². The van der Waals surface area contributed by atoms with Crippen LogP contribution < -0.4 is 16.4 Å². The van der Waals surface area contributed by atoms with Crippen molar-refractivity contribution in [2.75, 3.05) is 18.8 Å². The molecule has 0 atom stereocenters. The Labute approximate surface area is 120 Å². The molecule has 0 unspecified atom stereocenters. The minimum absolute atomic E-state index is 0.0508. The zero-order valence-electron chi connectivity index (χ0n) is 11.1. The lowest BCUT2D eigenvalue weighted by Crippen LogP contribution is -2.37. The third-order valence-corrected chi connectivity index (χ3v) is 3.87. The summed E-state index contributed by atoms with van der Waals surface area (Å²) in [4.78, 5) is 27.9. The van der Waals surface area contributed by atoms with Crippen LogP contribution in [0, 0.1) is 0 Å². The van der Waals surface area contributed by atoms with Crippen LogP contribution in [0.1, 0.15) is 23.0 Å². The van der Waals surface area contributed by atoms with Crippen molar-refractivity contribution in [3.05, 3.63) is 23.3 Å². The van der Waals surface area contributed by atoms with Crippen LogP contribution in [-0.4, -0.2) is 29.9 Å². The van der Waals surface area contributed by atoms with Gasteiger partial charge in [-0.05, 0) is 12.5 Å². The van der Waals surface area contributed by atoms with E-state index in [1.54, 1.807) is 18.5 Å². The highest BCUT2D eigenvalue weighted by atomic mass is 32.1. The average molecular weight is 292 g/mol. The van der Waals surface area contributed by atoms with Crippen molar-refractivity contribution in [1.82, 2.24) is 15.6 Å². The zero-order chi connectivity index (χ0) is 14.5. The Hall–Kier alpha value is -2.15. The van der Waals surface area contributed by atoms with Crippen molar-refractivity contribution in [2.24, 2.45) is 0 Å². The third-order valence-electron chi connectivity index (χ3n) is 2.72. The lowest BCUT2D eigenvalue weighted by atomic mass is 10.2. The molecule has 2 aromatic heterocycles. The van der Waals surface area contributed by atoms with E-state index in [-0.39, 0.29) is 18.4 Å². The van der Waals surface area contributed by atoms with Crippen LogP contribution >= 0.6 is 11.3 Å². The first-order valence-electron chi connectivity index (χ1n) is 6.30. The van der Waals surface area contributed by atoms with E-state index in [4.69, 9.17) is 5.73 Å². The Morgan fingerprint density at radius 1 is 1.40 bits per heavy atom. The molecule has 0 aromatic carbocycles. The molecule has 6 nitrogen and oxygen atoms in total. The normalized spacial score (nSPS) is 10.4. The Morgan fingerprint density at radius 3 is 2.90 bits per heavy atom. The van der Waals surface area contributed by atoms with Crippen molar-refractivity contribution in [1.29, 1.82) is 0 Å². The molecule has 2 amide bonds. The molecular weight excluding hydrogens is 276 g/mol. The van der Waals surface area contributed by atoms with Crippen LogP contribution in [-0.2, 0) is 4.79 Å². The van der Waals surface area contributed by atoms with Crippen molar-refractivity contribution in [2.45, 2.75) is 13.3 Å². The number of rotatable bonds is 5. The number of fused-ring (bicyclic) bond motifs is 1. The monoisotopic (exact) mass is 292 g/mol. The molecule has 2 aromatic rings. The van der Waals surface area contributed by atoms with Crippen molar-refractivity contribution < 1.29 is 9.59 Å². The number of nitrogens with two attached hydrogens (primary N) is 1. The van der Waals surface area contributed by atoms with Crippen LogP contribution in [0.25, 0.3) is 10.1 Å². The minimum Gasteiger partial charge on any atom is -0.397 e. The minimum atomic E-state index is -0.338. The standard InChI is InChI=1S/C13H16N4O2S/c1-2-4-16-10(18)7-17-13(19)12-11(14)8-3-5-15-6-9(8)20-12/h3,5-6H,2,4,7,14H2,1H3,(H,16,18)(H,17,19). The highest BCUT2D eigenvalue weighted by molar-refractivity contribution is 7.21. The molecule has 0 radical (unpaired) electrons. The fraction of sp³-hybridized carbons (Fsp3) is 0.308. The average Bonchev–Trinajstić information content (AvgIpc) is 2.80. The highest BCUT2D eigenvalue weighted by Crippen LogP contribution is 2.32. The maximum Gasteiger partial charge on any atom is 0.263 e. The molecule has 7 heteroatoms. The predicted octanol–water partition coefficient (Wildman–Crippen LogP) is 1.13. The quantitative estimate of drug-likeness (QED) is 0.769. The molecule has 0 saturated heterocycles. The van der Waals surface area contributed by atoms with E-state index >= 15 is 0 Å². The van der Waals surface area contributed by atoms with Gasteiger partial charge in [0.05, 0.1) is 16.9 Å². The summed E-state index contributed by atoms with van der Waals surface area (Å²) in [6.07, 6.45) is 4.16. The van der Waals surface area contributed by atoms with Gasteiger partial charge in [0.15, 0.2) is 0 Å². The first kappa shape index (κ1) is 14.3. The van der Waals surface area contributed by atoms with E-state index in [9.17, 15) is 9.59 Å². The smallest absolute Gasteiger partial charge is 0.263 e. The summed E-state index contributed by atoms with van der Waals surface area (Å²) in [5.41, 5.74) is 6.38. The number of aromatic nitrogens is 1. The van der Waals surface area contributed by atoms with Crippen LogP contribution in [0.15, 0.2) is 18.5 Å². The largest absolute Gasteiger partial charge is 0.397 e. The summed E-state index contributed by atoms with van der Waals surface area (Å²) in [7, 11) is 0. The number of thiophene rings is 1. The zero-order valence-corrected chi connectivity index (χ0v) is 11.9. The number of hydrogen-bond acceptors (Lipinski definition) is 5.